The molecule has 0 atom stereocenters. The zero-order chi connectivity index (χ0) is 17.2. The molecule has 128 valence electrons. The van der Waals surface area contributed by atoms with Crippen LogP contribution in [-0.2, 0) is 21.8 Å². The fraction of sp³-hybridized carbons (Fsp3) is 0.333. The molecule has 0 aliphatic carbocycles. The number of sulfonamides is 1. The topological polar surface area (TPSA) is 93.5 Å². The lowest BCUT2D eigenvalue weighted by Gasteiger charge is -2.26. The normalized spacial score (nSPS) is 16.0. The molecule has 9 heteroatoms. The molecule has 1 aliphatic rings. The van der Waals surface area contributed by atoms with E-state index >= 15 is 0 Å². The molecule has 8 nitrogen and oxygen atoms in total. The van der Waals surface area contributed by atoms with Crippen LogP contribution in [0.1, 0.15) is 10.5 Å². The molecule has 2 heterocycles. The van der Waals surface area contributed by atoms with E-state index in [0.29, 0.717) is 37.7 Å². The van der Waals surface area contributed by atoms with Crippen molar-refractivity contribution < 1.29 is 17.9 Å². The van der Waals surface area contributed by atoms with Crippen LogP contribution in [0.25, 0.3) is 0 Å². The highest BCUT2D eigenvalue weighted by atomic mass is 32.2. The number of nitrogens with one attached hydrogen (secondary N) is 1. The van der Waals surface area contributed by atoms with Crippen LogP contribution < -0.4 is 5.32 Å². The molecule has 0 spiro atoms. The number of morpholine rings is 1. The second kappa shape index (κ2) is 6.71. The molecule has 1 fully saturated rings. The molecule has 0 bridgehead atoms. The van der Waals surface area contributed by atoms with Crippen LogP contribution in [-0.4, -0.2) is 54.7 Å². The Kier molecular flexibility index (Phi) is 4.65. The van der Waals surface area contributed by atoms with Gasteiger partial charge in [-0.25, -0.2) is 8.42 Å². The van der Waals surface area contributed by atoms with E-state index in [0.717, 1.165) is 0 Å². The van der Waals surface area contributed by atoms with E-state index in [1.807, 2.05) is 0 Å². The minimum Gasteiger partial charge on any atom is -0.379 e. The number of ether oxygens (including phenoxy) is 1. The lowest BCUT2D eigenvalue weighted by atomic mass is 10.3. The Labute approximate surface area is 140 Å². The lowest BCUT2D eigenvalue weighted by molar-refractivity contribution is 0.0730. The Morgan fingerprint density at radius 1 is 1.17 bits per heavy atom. The number of carbonyl (C=O) groups is 1. The van der Waals surface area contributed by atoms with Crippen LogP contribution >= 0.6 is 0 Å². The standard InChI is InChI=1S/C15H18N4O4S/c1-18-7-6-14(17-18)15(20)16-12-2-4-13(5-3-12)24(21,22)19-8-10-23-11-9-19/h2-7H,8-11H2,1H3,(H,16,20). The van der Waals surface area contributed by atoms with Gasteiger partial charge in [-0.2, -0.15) is 9.40 Å². The van der Waals surface area contributed by atoms with Gasteiger partial charge in [0.1, 0.15) is 0 Å². The van der Waals surface area contributed by atoms with Crippen molar-refractivity contribution in [2.45, 2.75) is 4.90 Å². The van der Waals surface area contributed by atoms with Crippen LogP contribution in [0.4, 0.5) is 5.69 Å². The van der Waals surface area contributed by atoms with Gasteiger partial charge in [0.25, 0.3) is 5.91 Å². The molecule has 2 aromatic rings. The lowest BCUT2D eigenvalue weighted by Crippen LogP contribution is -2.40. The van der Waals surface area contributed by atoms with Gasteiger partial charge in [0.2, 0.25) is 10.0 Å². The van der Waals surface area contributed by atoms with Crippen molar-refractivity contribution in [3.63, 3.8) is 0 Å². The second-order valence-electron chi connectivity index (χ2n) is 5.37. The number of hydrogen-bond acceptors (Lipinski definition) is 5. The quantitative estimate of drug-likeness (QED) is 0.876. The number of rotatable bonds is 4. The number of amides is 1. The van der Waals surface area contributed by atoms with E-state index < -0.39 is 10.0 Å². The largest absolute Gasteiger partial charge is 0.379 e. The monoisotopic (exact) mass is 350 g/mol. The zero-order valence-corrected chi connectivity index (χ0v) is 14.0. The van der Waals surface area contributed by atoms with Gasteiger partial charge in [-0.05, 0) is 30.3 Å². The number of aromatic nitrogens is 2. The van der Waals surface area contributed by atoms with Gasteiger partial charge >= 0.3 is 0 Å². The third kappa shape index (κ3) is 3.48. The Morgan fingerprint density at radius 2 is 1.83 bits per heavy atom. The van der Waals surface area contributed by atoms with Crippen LogP contribution in [0.3, 0.4) is 0 Å². The fourth-order valence-electron chi connectivity index (χ4n) is 2.38. The van der Waals surface area contributed by atoms with Crippen LogP contribution in [0, 0.1) is 0 Å². The predicted octanol–water partition coefficient (Wildman–Crippen LogP) is 0.693. The number of aryl methyl sites for hydroxylation is 1. The van der Waals surface area contributed by atoms with Crippen molar-refractivity contribution in [1.29, 1.82) is 0 Å². The molecular weight excluding hydrogens is 332 g/mol. The van der Waals surface area contributed by atoms with E-state index in [1.54, 1.807) is 31.4 Å². The maximum absolute atomic E-state index is 12.5. The first-order chi connectivity index (χ1) is 11.5. The van der Waals surface area contributed by atoms with Crippen molar-refractivity contribution in [2.24, 2.45) is 7.05 Å². The Hall–Kier alpha value is -2.23. The van der Waals surface area contributed by atoms with E-state index in [1.165, 1.54) is 21.1 Å². The Morgan fingerprint density at radius 3 is 2.42 bits per heavy atom. The summed E-state index contributed by atoms with van der Waals surface area (Å²) in [5, 5.41) is 6.70. The fourth-order valence-corrected chi connectivity index (χ4v) is 3.79. The van der Waals surface area contributed by atoms with Gasteiger partial charge in [-0.1, -0.05) is 0 Å². The van der Waals surface area contributed by atoms with Crippen LogP contribution in [0.5, 0.6) is 0 Å². The van der Waals surface area contributed by atoms with Crippen molar-refractivity contribution in [3.05, 3.63) is 42.2 Å². The van der Waals surface area contributed by atoms with E-state index in [2.05, 4.69) is 10.4 Å². The van der Waals surface area contributed by atoms with Crippen molar-refractivity contribution >= 4 is 21.6 Å². The Balaban J connectivity index is 1.72. The van der Waals surface area contributed by atoms with Gasteiger partial charge in [-0.3, -0.25) is 9.48 Å². The molecule has 24 heavy (non-hydrogen) atoms. The predicted molar refractivity (Wildman–Crippen MR) is 87.2 cm³/mol. The summed E-state index contributed by atoms with van der Waals surface area (Å²) in [6.07, 6.45) is 1.67. The highest BCUT2D eigenvalue weighted by molar-refractivity contribution is 7.89. The average molecular weight is 350 g/mol. The highest BCUT2D eigenvalue weighted by Crippen LogP contribution is 2.19. The van der Waals surface area contributed by atoms with Crippen molar-refractivity contribution in [2.75, 3.05) is 31.6 Å². The molecule has 1 N–H and O–H groups in total. The van der Waals surface area contributed by atoms with Gasteiger partial charge in [0.15, 0.2) is 5.69 Å². The number of hydrogen-bond donors (Lipinski definition) is 1. The highest BCUT2D eigenvalue weighted by Gasteiger charge is 2.26. The summed E-state index contributed by atoms with van der Waals surface area (Å²) in [5.74, 6) is -0.348. The van der Waals surface area contributed by atoms with Gasteiger partial charge < -0.3 is 10.1 Å². The summed E-state index contributed by atoms with van der Waals surface area (Å²) in [4.78, 5) is 12.2. The molecule has 0 saturated carbocycles. The number of nitrogens with zero attached hydrogens (tertiary/aromatic N) is 3. The minimum atomic E-state index is -3.53. The Bertz CT molecular complexity index is 823. The first-order valence-electron chi connectivity index (χ1n) is 7.46. The maximum atomic E-state index is 12.5. The van der Waals surface area contributed by atoms with Crippen LogP contribution in [0.2, 0.25) is 0 Å². The third-order valence-electron chi connectivity index (χ3n) is 3.67. The number of carbonyl (C=O) groups excluding carboxylic acids is 1. The number of benzene rings is 1. The molecule has 1 saturated heterocycles. The maximum Gasteiger partial charge on any atom is 0.276 e. The summed E-state index contributed by atoms with van der Waals surface area (Å²) in [7, 11) is -1.81. The molecule has 0 unspecified atom stereocenters. The molecule has 3 rings (SSSR count). The van der Waals surface area contributed by atoms with Gasteiger partial charge in [0, 0.05) is 32.0 Å². The summed E-state index contributed by atoms with van der Waals surface area (Å²) in [6, 6.07) is 7.70. The molecule has 1 aliphatic heterocycles. The second-order valence-corrected chi connectivity index (χ2v) is 7.31. The van der Waals surface area contributed by atoms with E-state index in [4.69, 9.17) is 4.74 Å². The van der Waals surface area contributed by atoms with Gasteiger partial charge in [-0.15, -0.1) is 0 Å². The molecule has 1 aromatic carbocycles. The SMILES string of the molecule is Cn1ccc(C(=O)Nc2ccc(S(=O)(=O)N3CCOCC3)cc2)n1. The van der Waals surface area contributed by atoms with E-state index in [-0.39, 0.29) is 10.8 Å². The first-order valence-corrected chi connectivity index (χ1v) is 8.90. The third-order valence-corrected chi connectivity index (χ3v) is 5.58. The smallest absolute Gasteiger partial charge is 0.276 e. The average Bonchev–Trinajstić information content (AvgIpc) is 3.03. The van der Waals surface area contributed by atoms with Gasteiger partial charge in [0.05, 0.1) is 18.1 Å². The van der Waals surface area contributed by atoms with Crippen molar-refractivity contribution in [1.82, 2.24) is 14.1 Å². The summed E-state index contributed by atoms with van der Waals surface area (Å²) in [6.45, 7) is 1.50. The van der Waals surface area contributed by atoms with Crippen molar-refractivity contribution in [3.8, 4) is 0 Å². The number of anilines is 1. The summed E-state index contributed by atoms with van der Waals surface area (Å²) >= 11 is 0. The molecule has 1 aromatic heterocycles. The summed E-state index contributed by atoms with van der Waals surface area (Å²) in [5.41, 5.74) is 0.800. The minimum absolute atomic E-state index is 0.195. The molecule has 1 amide bonds. The van der Waals surface area contributed by atoms with Crippen LogP contribution in [0.15, 0.2) is 41.4 Å². The first kappa shape index (κ1) is 16.6. The zero-order valence-electron chi connectivity index (χ0n) is 13.2. The van der Waals surface area contributed by atoms with E-state index in [9.17, 15) is 13.2 Å². The molecular formula is C15H18N4O4S. The summed E-state index contributed by atoms with van der Waals surface area (Å²) < 4.78 is 33.1. The molecule has 0 radical (unpaired) electrons.